The number of hydrogen-bond acceptors (Lipinski definition) is 3. The van der Waals surface area contributed by atoms with Crippen molar-refractivity contribution in [2.24, 2.45) is 11.8 Å². The first-order chi connectivity index (χ1) is 11.0. The summed E-state index contributed by atoms with van der Waals surface area (Å²) in [6.45, 7) is 2.91. The van der Waals surface area contributed by atoms with Gasteiger partial charge < -0.3 is 15.4 Å². The number of hydrogen-bond donors (Lipinski definition) is 2. The highest BCUT2D eigenvalue weighted by Crippen LogP contribution is 2.27. The molecule has 2 N–H and O–H groups in total. The highest BCUT2D eigenvalue weighted by Gasteiger charge is 2.22. The fourth-order valence-corrected chi connectivity index (χ4v) is 2.99. The molecule has 1 unspecified atom stereocenters. The molecule has 1 aliphatic rings. The molecule has 1 fully saturated rings. The average molecular weight is 326 g/mol. The van der Waals surface area contributed by atoms with Crippen LogP contribution in [0.3, 0.4) is 0 Å². The predicted molar refractivity (Wildman–Crippen MR) is 85.8 cm³/mol. The quantitative estimate of drug-likeness (QED) is 0.840. The van der Waals surface area contributed by atoms with Crippen molar-refractivity contribution in [3.63, 3.8) is 0 Å². The number of aryl methyl sites for hydroxylation is 1. The number of anilines is 1. The Morgan fingerprint density at radius 3 is 2.74 bits per heavy atom. The van der Waals surface area contributed by atoms with E-state index >= 15 is 0 Å². The predicted octanol–water partition coefficient (Wildman–Crippen LogP) is 3.56. The second-order valence-corrected chi connectivity index (χ2v) is 6.18. The molecule has 1 amide bonds. The third-order valence-electron chi connectivity index (χ3n) is 4.38. The van der Waals surface area contributed by atoms with Gasteiger partial charge in [-0.05, 0) is 56.3 Å². The van der Waals surface area contributed by atoms with Gasteiger partial charge in [0.05, 0.1) is 0 Å². The van der Waals surface area contributed by atoms with E-state index in [-0.39, 0.29) is 11.7 Å². The molecule has 4 nitrogen and oxygen atoms in total. The molecule has 1 aromatic carbocycles. The minimum Gasteiger partial charge on any atom is -0.434 e. The second kappa shape index (κ2) is 8.24. The number of alkyl halides is 2. The van der Waals surface area contributed by atoms with Crippen LogP contribution in [0.1, 0.15) is 31.7 Å². The van der Waals surface area contributed by atoms with Crippen molar-refractivity contribution in [3.8, 4) is 5.75 Å². The molecule has 1 aromatic rings. The van der Waals surface area contributed by atoms with Gasteiger partial charge in [0.1, 0.15) is 5.75 Å². The Bertz CT molecular complexity index is 531. The van der Waals surface area contributed by atoms with Crippen LogP contribution in [0, 0.1) is 18.8 Å². The largest absolute Gasteiger partial charge is 0.434 e. The summed E-state index contributed by atoms with van der Waals surface area (Å²) < 4.78 is 29.2. The topological polar surface area (TPSA) is 50.4 Å². The molecule has 0 radical (unpaired) electrons. The highest BCUT2D eigenvalue weighted by molar-refractivity contribution is 5.91. The van der Waals surface area contributed by atoms with Crippen molar-refractivity contribution in [1.82, 2.24) is 5.32 Å². The standard InChI is InChI=1S/C17H24F2N2O2/c1-11-3-4-14(10-15(11)23-17(18)19)21-16(22)9-12(2)13-5-7-20-8-6-13/h3-4,10,12-13,17,20H,5-9H2,1-2H3,(H,21,22). The number of rotatable bonds is 6. The summed E-state index contributed by atoms with van der Waals surface area (Å²) in [5, 5.41) is 6.09. The lowest BCUT2D eigenvalue weighted by Gasteiger charge is -2.27. The zero-order chi connectivity index (χ0) is 16.8. The van der Waals surface area contributed by atoms with E-state index in [1.165, 1.54) is 6.07 Å². The second-order valence-electron chi connectivity index (χ2n) is 6.18. The first-order valence-electron chi connectivity index (χ1n) is 8.01. The van der Waals surface area contributed by atoms with E-state index in [1.54, 1.807) is 19.1 Å². The molecule has 1 heterocycles. The first-order valence-corrected chi connectivity index (χ1v) is 8.01. The molecular formula is C17H24F2N2O2. The Labute approximate surface area is 135 Å². The van der Waals surface area contributed by atoms with Crippen LogP contribution in [-0.4, -0.2) is 25.6 Å². The first kappa shape index (κ1) is 17.7. The molecule has 1 atom stereocenters. The van der Waals surface area contributed by atoms with E-state index in [2.05, 4.69) is 22.3 Å². The van der Waals surface area contributed by atoms with Crippen LogP contribution >= 0.6 is 0 Å². The van der Waals surface area contributed by atoms with Gasteiger partial charge in [-0.15, -0.1) is 0 Å². The van der Waals surface area contributed by atoms with Crippen LogP contribution in [0.25, 0.3) is 0 Å². The number of ether oxygens (including phenoxy) is 1. The lowest BCUT2D eigenvalue weighted by atomic mass is 9.84. The maximum Gasteiger partial charge on any atom is 0.387 e. The fourth-order valence-electron chi connectivity index (χ4n) is 2.99. The molecule has 2 rings (SSSR count). The number of carbonyl (C=O) groups excluding carboxylic acids is 1. The van der Waals surface area contributed by atoms with Crippen molar-refractivity contribution < 1.29 is 18.3 Å². The summed E-state index contributed by atoms with van der Waals surface area (Å²) in [5.41, 5.74) is 1.08. The van der Waals surface area contributed by atoms with Gasteiger partial charge in [-0.3, -0.25) is 4.79 Å². The Kier molecular flexibility index (Phi) is 6.33. The van der Waals surface area contributed by atoms with Gasteiger partial charge in [0, 0.05) is 18.2 Å². The maximum absolute atomic E-state index is 12.4. The van der Waals surface area contributed by atoms with Crippen molar-refractivity contribution in [2.45, 2.75) is 39.7 Å². The lowest BCUT2D eigenvalue weighted by Crippen LogP contribution is -2.32. The van der Waals surface area contributed by atoms with Gasteiger partial charge in [0.2, 0.25) is 5.91 Å². The van der Waals surface area contributed by atoms with Crippen LogP contribution in [0.4, 0.5) is 14.5 Å². The Morgan fingerprint density at radius 1 is 1.39 bits per heavy atom. The molecule has 23 heavy (non-hydrogen) atoms. The lowest BCUT2D eigenvalue weighted by molar-refractivity contribution is -0.117. The molecule has 0 spiro atoms. The van der Waals surface area contributed by atoms with E-state index in [0.29, 0.717) is 29.5 Å². The fraction of sp³-hybridized carbons (Fsp3) is 0.588. The maximum atomic E-state index is 12.4. The van der Waals surface area contributed by atoms with Crippen LogP contribution in [0.15, 0.2) is 18.2 Å². The van der Waals surface area contributed by atoms with Gasteiger partial charge in [-0.25, -0.2) is 0 Å². The third-order valence-corrected chi connectivity index (χ3v) is 4.38. The number of nitrogens with one attached hydrogen (secondary N) is 2. The normalized spacial score (nSPS) is 17.1. The molecule has 0 aliphatic carbocycles. The summed E-state index contributed by atoms with van der Waals surface area (Å²) in [4.78, 5) is 12.2. The van der Waals surface area contributed by atoms with E-state index in [1.807, 2.05) is 0 Å². The summed E-state index contributed by atoms with van der Waals surface area (Å²) in [5.74, 6) is 0.851. The summed E-state index contributed by atoms with van der Waals surface area (Å²) in [7, 11) is 0. The van der Waals surface area contributed by atoms with E-state index in [4.69, 9.17) is 0 Å². The summed E-state index contributed by atoms with van der Waals surface area (Å²) in [6, 6.07) is 4.79. The average Bonchev–Trinajstić information content (AvgIpc) is 2.51. The van der Waals surface area contributed by atoms with E-state index in [0.717, 1.165) is 25.9 Å². The Hall–Kier alpha value is -1.69. The molecule has 0 bridgehead atoms. The molecule has 1 saturated heterocycles. The third kappa shape index (κ3) is 5.46. The van der Waals surface area contributed by atoms with Crippen molar-refractivity contribution in [3.05, 3.63) is 23.8 Å². The zero-order valence-corrected chi connectivity index (χ0v) is 13.6. The van der Waals surface area contributed by atoms with Gasteiger partial charge in [-0.2, -0.15) is 8.78 Å². The smallest absolute Gasteiger partial charge is 0.387 e. The zero-order valence-electron chi connectivity index (χ0n) is 13.6. The molecule has 1 aliphatic heterocycles. The monoisotopic (exact) mass is 326 g/mol. The van der Waals surface area contributed by atoms with Crippen LogP contribution in [0.5, 0.6) is 5.75 Å². The van der Waals surface area contributed by atoms with Crippen molar-refractivity contribution in [2.75, 3.05) is 18.4 Å². The van der Waals surface area contributed by atoms with Crippen LogP contribution in [-0.2, 0) is 4.79 Å². The van der Waals surface area contributed by atoms with Gasteiger partial charge in [0.15, 0.2) is 0 Å². The number of carbonyl (C=O) groups is 1. The van der Waals surface area contributed by atoms with Crippen LogP contribution in [0.2, 0.25) is 0 Å². The minimum atomic E-state index is -2.88. The molecule has 0 aromatic heterocycles. The van der Waals surface area contributed by atoms with Gasteiger partial charge >= 0.3 is 6.61 Å². The summed E-state index contributed by atoms with van der Waals surface area (Å²) >= 11 is 0. The summed E-state index contributed by atoms with van der Waals surface area (Å²) in [6.07, 6.45) is 2.61. The Morgan fingerprint density at radius 2 is 2.09 bits per heavy atom. The SMILES string of the molecule is Cc1ccc(NC(=O)CC(C)C2CCNCC2)cc1OC(F)F. The molecule has 6 heteroatoms. The molecule has 128 valence electrons. The number of halogens is 2. The van der Waals surface area contributed by atoms with Gasteiger partial charge in [-0.1, -0.05) is 13.0 Å². The van der Waals surface area contributed by atoms with E-state index in [9.17, 15) is 13.6 Å². The highest BCUT2D eigenvalue weighted by atomic mass is 19.3. The molecular weight excluding hydrogens is 302 g/mol. The van der Waals surface area contributed by atoms with Gasteiger partial charge in [0.25, 0.3) is 0 Å². The van der Waals surface area contributed by atoms with Crippen molar-refractivity contribution >= 4 is 11.6 Å². The van der Waals surface area contributed by atoms with Crippen LogP contribution < -0.4 is 15.4 Å². The number of benzene rings is 1. The van der Waals surface area contributed by atoms with E-state index < -0.39 is 6.61 Å². The Balaban J connectivity index is 1.91. The number of piperidine rings is 1. The minimum absolute atomic E-state index is 0.0872. The van der Waals surface area contributed by atoms with Crippen molar-refractivity contribution in [1.29, 1.82) is 0 Å². The molecule has 0 saturated carbocycles. The number of amides is 1.